The van der Waals surface area contributed by atoms with Crippen molar-refractivity contribution in [2.75, 3.05) is 37.9 Å². The quantitative estimate of drug-likeness (QED) is 0.763. The molecule has 0 aliphatic heterocycles. The second-order valence-corrected chi connectivity index (χ2v) is 6.24. The first-order valence-corrected chi connectivity index (χ1v) is 8.41. The number of amides is 2. The van der Waals surface area contributed by atoms with Gasteiger partial charge in [-0.15, -0.1) is 0 Å². The van der Waals surface area contributed by atoms with Gasteiger partial charge in [-0.2, -0.15) is 5.26 Å². The molecule has 0 saturated carbocycles. The van der Waals surface area contributed by atoms with Gasteiger partial charge < -0.3 is 15.4 Å². The molecule has 7 nitrogen and oxygen atoms in total. The summed E-state index contributed by atoms with van der Waals surface area (Å²) in [5.74, 6) is 0.0870. The van der Waals surface area contributed by atoms with E-state index < -0.39 is 0 Å². The molecule has 0 aliphatic rings. The van der Waals surface area contributed by atoms with Crippen LogP contribution < -0.4 is 15.4 Å². The zero-order valence-corrected chi connectivity index (χ0v) is 15.7. The van der Waals surface area contributed by atoms with Crippen molar-refractivity contribution in [2.45, 2.75) is 0 Å². The summed E-state index contributed by atoms with van der Waals surface area (Å²) in [6, 6.07) is 13.5. The Morgan fingerprint density at radius 1 is 1.11 bits per heavy atom. The predicted octanol–water partition coefficient (Wildman–Crippen LogP) is 2.73. The van der Waals surface area contributed by atoms with Crippen LogP contribution in [0, 0.1) is 11.3 Å². The summed E-state index contributed by atoms with van der Waals surface area (Å²) in [6.07, 6.45) is 0. The molecule has 2 amide bonds. The molecule has 0 fully saturated rings. The number of likely N-dealkylation sites (N-methyl/N-ethyl adjacent to an activating group) is 1. The normalized spacial score (nSPS) is 10.2. The van der Waals surface area contributed by atoms with E-state index in [1.807, 2.05) is 6.07 Å². The predicted molar refractivity (Wildman–Crippen MR) is 104 cm³/mol. The standard InChI is InChI=1S/C19H19ClN4O3/c1-24(11-18(25)22-15-5-7-16(27-2)8-6-15)12-19(26)23-17-9-14(20)4-3-13(17)10-21/h3-9H,11-12H2,1-2H3,(H,22,25)(H,23,26). The molecule has 2 aromatic carbocycles. The van der Waals surface area contributed by atoms with Crippen molar-refractivity contribution >= 4 is 34.8 Å². The van der Waals surface area contributed by atoms with Crippen LogP contribution in [0.4, 0.5) is 11.4 Å². The molecule has 0 aliphatic carbocycles. The zero-order chi connectivity index (χ0) is 19.8. The minimum atomic E-state index is -0.353. The molecule has 2 N–H and O–H groups in total. The number of nitrogens with one attached hydrogen (secondary N) is 2. The van der Waals surface area contributed by atoms with Crippen LogP contribution in [0.25, 0.3) is 0 Å². The van der Waals surface area contributed by atoms with E-state index in [4.69, 9.17) is 21.6 Å². The van der Waals surface area contributed by atoms with Gasteiger partial charge in [0.05, 0.1) is 31.5 Å². The Labute approximate surface area is 162 Å². The fourth-order valence-corrected chi connectivity index (χ4v) is 2.50. The monoisotopic (exact) mass is 386 g/mol. The average molecular weight is 387 g/mol. The van der Waals surface area contributed by atoms with Crippen LogP contribution in [0.2, 0.25) is 5.02 Å². The molecule has 0 aromatic heterocycles. The Morgan fingerprint density at radius 3 is 2.33 bits per heavy atom. The second kappa shape index (κ2) is 9.57. The molecule has 0 radical (unpaired) electrons. The SMILES string of the molecule is COc1ccc(NC(=O)CN(C)CC(=O)Nc2cc(Cl)ccc2C#N)cc1. The van der Waals surface area contributed by atoms with Crippen LogP contribution in [0.1, 0.15) is 5.56 Å². The molecule has 2 rings (SSSR count). The molecule has 0 unspecified atom stereocenters. The van der Waals surface area contributed by atoms with E-state index in [0.717, 1.165) is 0 Å². The van der Waals surface area contributed by atoms with Gasteiger partial charge in [-0.1, -0.05) is 11.6 Å². The third-order valence-corrected chi connectivity index (χ3v) is 3.81. The number of hydrogen-bond donors (Lipinski definition) is 2. The van der Waals surface area contributed by atoms with E-state index in [1.54, 1.807) is 49.4 Å². The van der Waals surface area contributed by atoms with Gasteiger partial charge in [-0.05, 0) is 49.5 Å². The number of halogens is 1. The van der Waals surface area contributed by atoms with Gasteiger partial charge in [0.1, 0.15) is 11.8 Å². The van der Waals surface area contributed by atoms with E-state index >= 15 is 0 Å². The summed E-state index contributed by atoms with van der Waals surface area (Å²) in [7, 11) is 3.22. The van der Waals surface area contributed by atoms with Crippen LogP contribution in [-0.2, 0) is 9.59 Å². The summed E-state index contributed by atoms with van der Waals surface area (Å²) in [5, 5.41) is 14.9. The topological polar surface area (TPSA) is 94.5 Å². The summed E-state index contributed by atoms with van der Waals surface area (Å²) < 4.78 is 5.06. The van der Waals surface area contributed by atoms with Gasteiger partial charge in [-0.3, -0.25) is 14.5 Å². The molecule has 2 aromatic rings. The molecule has 0 saturated heterocycles. The Hall–Kier alpha value is -3.08. The molecular weight excluding hydrogens is 368 g/mol. The lowest BCUT2D eigenvalue weighted by Crippen LogP contribution is -2.36. The number of nitrogens with zero attached hydrogens (tertiary/aromatic N) is 2. The van der Waals surface area contributed by atoms with E-state index in [9.17, 15) is 9.59 Å². The smallest absolute Gasteiger partial charge is 0.238 e. The fourth-order valence-electron chi connectivity index (χ4n) is 2.33. The zero-order valence-electron chi connectivity index (χ0n) is 15.0. The highest BCUT2D eigenvalue weighted by Crippen LogP contribution is 2.20. The van der Waals surface area contributed by atoms with E-state index in [0.29, 0.717) is 27.7 Å². The Morgan fingerprint density at radius 2 is 1.74 bits per heavy atom. The second-order valence-electron chi connectivity index (χ2n) is 5.80. The van der Waals surface area contributed by atoms with Gasteiger partial charge in [-0.25, -0.2) is 0 Å². The summed E-state index contributed by atoms with van der Waals surface area (Å²) >= 11 is 5.90. The largest absolute Gasteiger partial charge is 0.497 e. The number of methoxy groups -OCH3 is 1. The maximum atomic E-state index is 12.2. The van der Waals surface area contributed by atoms with Gasteiger partial charge in [0.2, 0.25) is 11.8 Å². The van der Waals surface area contributed by atoms with Gasteiger partial charge in [0, 0.05) is 10.7 Å². The molecule has 0 heterocycles. The van der Waals surface area contributed by atoms with Crippen molar-refractivity contribution in [1.29, 1.82) is 5.26 Å². The van der Waals surface area contributed by atoms with Crippen molar-refractivity contribution in [3.05, 3.63) is 53.1 Å². The molecule has 27 heavy (non-hydrogen) atoms. The van der Waals surface area contributed by atoms with Crippen LogP contribution in [0.15, 0.2) is 42.5 Å². The Balaban J connectivity index is 1.86. The molecule has 0 atom stereocenters. The third-order valence-electron chi connectivity index (χ3n) is 3.58. The van der Waals surface area contributed by atoms with E-state index in [1.165, 1.54) is 12.1 Å². The van der Waals surface area contributed by atoms with Crippen molar-refractivity contribution in [1.82, 2.24) is 4.90 Å². The Kier molecular flexibility index (Phi) is 7.17. The number of hydrogen-bond acceptors (Lipinski definition) is 5. The lowest BCUT2D eigenvalue weighted by Gasteiger charge is -2.16. The maximum absolute atomic E-state index is 12.2. The highest BCUT2D eigenvalue weighted by molar-refractivity contribution is 6.31. The first kappa shape index (κ1) is 20.2. The lowest BCUT2D eigenvalue weighted by atomic mass is 10.2. The minimum Gasteiger partial charge on any atom is -0.497 e. The number of carbonyl (C=O) groups excluding carboxylic acids is 2. The van der Waals surface area contributed by atoms with Crippen LogP contribution in [0.3, 0.4) is 0 Å². The van der Waals surface area contributed by atoms with Gasteiger partial charge in [0.25, 0.3) is 0 Å². The number of nitriles is 1. The molecule has 0 spiro atoms. The minimum absolute atomic E-state index is 0.0204. The maximum Gasteiger partial charge on any atom is 0.238 e. The lowest BCUT2D eigenvalue weighted by molar-refractivity contribution is -0.119. The highest BCUT2D eigenvalue weighted by atomic mass is 35.5. The fraction of sp³-hybridized carbons (Fsp3) is 0.211. The summed E-state index contributed by atoms with van der Waals surface area (Å²) in [5.41, 5.74) is 1.29. The number of carbonyl (C=O) groups is 2. The highest BCUT2D eigenvalue weighted by Gasteiger charge is 2.13. The van der Waals surface area contributed by atoms with Gasteiger partial charge >= 0.3 is 0 Å². The number of benzene rings is 2. The third kappa shape index (κ3) is 6.29. The van der Waals surface area contributed by atoms with Crippen molar-refractivity contribution in [3.63, 3.8) is 0 Å². The molecule has 8 heteroatoms. The van der Waals surface area contributed by atoms with Crippen LogP contribution in [-0.4, -0.2) is 44.0 Å². The van der Waals surface area contributed by atoms with Crippen molar-refractivity contribution in [3.8, 4) is 11.8 Å². The van der Waals surface area contributed by atoms with Crippen LogP contribution in [0.5, 0.6) is 5.75 Å². The van der Waals surface area contributed by atoms with Crippen molar-refractivity contribution < 1.29 is 14.3 Å². The summed E-state index contributed by atoms with van der Waals surface area (Å²) in [6.45, 7) is 0.00746. The van der Waals surface area contributed by atoms with Crippen molar-refractivity contribution in [2.24, 2.45) is 0 Å². The number of anilines is 2. The molecule has 0 bridgehead atoms. The van der Waals surface area contributed by atoms with E-state index in [-0.39, 0.29) is 24.9 Å². The van der Waals surface area contributed by atoms with Gasteiger partial charge in [0.15, 0.2) is 0 Å². The number of ether oxygens (including phenoxy) is 1. The molecular formula is C19H19ClN4O3. The van der Waals surface area contributed by atoms with Crippen LogP contribution >= 0.6 is 11.6 Å². The first-order chi connectivity index (χ1) is 12.9. The first-order valence-electron chi connectivity index (χ1n) is 8.03. The number of rotatable bonds is 7. The summed E-state index contributed by atoms with van der Waals surface area (Å²) in [4.78, 5) is 25.8. The Bertz CT molecular complexity index is 862. The molecule has 140 valence electrons. The average Bonchev–Trinajstić information content (AvgIpc) is 2.62. The van der Waals surface area contributed by atoms with E-state index in [2.05, 4.69) is 10.6 Å².